The molecule has 0 N–H and O–H groups in total. The summed E-state index contributed by atoms with van der Waals surface area (Å²) in [6, 6.07) is 0. The molecule has 0 aliphatic heterocycles. The third kappa shape index (κ3) is 5.02. The van der Waals surface area contributed by atoms with Gasteiger partial charge in [0.25, 0.3) is 0 Å². The van der Waals surface area contributed by atoms with E-state index in [-0.39, 0.29) is 0 Å². The van der Waals surface area contributed by atoms with Crippen LogP contribution >= 0.6 is 14.0 Å². The topological polar surface area (TPSA) is 0 Å². The predicted molar refractivity (Wildman–Crippen MR) is 36.9 cm³/mol. The van der Waals surface area contributed by atoms with Crippen LogP contribution in [0.3, 0.4) is 0 Å². The zero-order valence-corrected chi connectivity index (χ0v) is 8.27. The fourth-order valence-corrected chi connectivity index (χ4v) is 0. The van der Waals surface area contributed by atoms with Crippen molar-refractivity contribution in [1.29, 1.82) is 0 Å². The second-order valence-electron chi connectivity index (χ2n) is 2.07. The van der Waals surface area contributed by atoms with Crippen LogP contribution in [0.2, 0.25) is 16.8 Å². The van der Waals surface area contributed by atoms with Crippen molar-refractivity contribution in [3.05, 3.63) is 0 Å². The molecule has 0 aromatic heterocycles. The van der Waals surface area contributed by atoms with Gasteiger partial charge in [-0.05, 0) is 0 Å². The third-order valence-corrected chi connectivity index (χ3v) is 7.28. The Morgan fingerprint density at radius 2 is 1.67 bits per heavy atom. The SMILES string of the molecule is C[CH2][Ge]([CH3])([CH3])[Br]. The molecule has 0 aromatic rings. The summed E-state index contributed by atoms with van der Waals surface area (Å²) in [5, 5.41) is 1.38. The summed E-state index contributed by atoms with van der Waals surface area (Å²) < 4.78 is 0. The molecule has 0 rings (SSSR count). The van der Waals surface area contributed by atoms with Crippen LogP contribution in [0.5, 0.6) is 0 Å². The summed E-state index contributed by atoms with van der Waals surface area (Å²) in [5.41, 5.74) is 0. The Morgan fingerprint density at radius 1 is 1.50 bits per heavy atom. The van der Waals surface area contributed by atoms with E-state index in [4.69, 9.17) is 0 Å². The predicted octanol–water partition coefficient (Wildman–Crippen LogP) is 2.61. The molecule has 0 aromatic carbocycles. The van der Waals surface area contributed by atoms with Crippen molar-refractivity contribution in [2.75, 3.05) is 0 Å². The van der Waals surface area contributed by atoms with Crippen LogP contribution in [-0.2, 0) is 0 Å². The van der Waals surface area contributed by atoms with Gasteiger partial charge in [0.1, 0.15) is 0 Å². The average molecular weight is 212 g/mol. The van der Waals surface area contributed by atoms with E-state index in [1.54, 1.807) is 0 Å². The molecule has 0 saturated carbocycles. The van der Waals surface area contributed by atoms with Crippen LogP contribution in [0.25, 0.3) is 0 Å². The maximum atomic E-state index is 3.66. The van der Waals surface area contributed by atoms with Gasteiger partial charge in [-0.15, -0.1) is 0 Å². The second kappa shape index (κ2) is 2.36. The molecular weight excluding hydrogens is 201 g/mol. The van der Waals surface area contributed by atoms with Crippen LogP contribution in [0.15, 0.2) is 0 Å². The molecule has 0 aliphatic rings. The summed E-state index contributed by atoms with van der Waals surface area (Å²) in [5.74, 6) is 4.69. The fourth-order valence-electron chi connectivity index (χ4n) is 0. The number of hydrogen-bond acceptors (Lipinski definition) is 0. The molecule has 6 heavy (non-hydrogen) atoms. The van der Waals surface area contributed by atoms with E-state index in [1.165, 1.54) is 5.25 Å². The first-order chi connectivity index (χ1) is 2.56. The Balaban J connectivity index is 3.17. The van der Waals surface area contributed by atoms with Crippen LogP contribution in [0.1, 0.15) is 6.92 Å². The summed E-state index contributed by atoms with van der Waals surface area (Å²) in [4.78, 5) is 0. The van der Waals surface area contributed by atoms with E-state index in [2.05, 4.69) is 32.4 Å². The third-order valence-electron chi connectivity index (χ3n) is 0.841. The summed E-state index contributed by atoms with van der Waals surface area (Å²) in [7, 11) is 0. The molecule has 0 spiro atoms. The normalized spacial score (nSPS) is 12.0. The molecule has 0 amide bonds. The van der Waals surface area contributed by atoms with Gasteiger partial charge >= 0.3 is 49.1 Å². The zero-order valence-electron chi connectivity index (χ0n) is 4.59. The van der Waals surface area contributed by atoms with E-state index in [0.717, 1.165) is 0 Å². The molecule has 0 atom stereocenters. The average Bonchev–Trinajstić information content (AvgIpc) is 1.35. The first kappa shape index (κ1) is 7.02. The minimum absolute atomic E-state index is 1.23. The Hall–Kier alpha value is 1.02. The van der Waals surface area contributed by atoms with Crippen molar-refractivity contribution >= 4 is 25.4 Å². The van der Waals surface area contributed by atoms with Crippen LogP contribution in [0.4, 0.5) is 0 Å². The standard InChI is InChI=1S/C4H11BrGe/c1-4-6(2,3)5/h4H2,1-3H3. The minimum atomic E-state index is -1.23. The van der Waals surface area contributed by atoms with Gasteiger partial charge in [-0.25, -0.2) is 0 Å². The van der Waals surface area contributed by atoms with Gasteiger partial charge in [0.15, 0.2) is 0 Å². The number of hydrogen-bond donors (Lipinski definition) is 0. The number of rotatable bonds is 1. The van der Waals surface area contributed by atoms with Crippen molar-refractivity contribution in [3.8, 4) is 0 Å². The molecule has 0 nitrogen and oxygen atoms in total. The van der Waals surface area contributed by atoms with Crippen molar-refractivity contribution in [3.63, 3.8) is 0 Å². The maximum absolute atomic E-state index is 3.66. The Morgan fingerprint density at radius 3 is 1.67 bits per heavy atom. The molecule has 0 bridgehead atoms. The van der Waals surface area contributed by atoms with Crippen molar-refractivity contribution in [2.24, 2.45) is 0 Å². The summed E-state index contributed by atoms with van der Waals surface area (Å²) in [6.07, 6.45) is 0. The van der Waals surface area contributed by atoms with Gasteiger partial charge in [0.05, 0.1) is 0 Å². The van der Waals surface area contributed by atoms with E-state index >= 15 is 0 Å². The molecule has 0 radical (unpaired) electrons. The molecule has 38 valence electrons. The van der Waals surface area contributed by atoms with E-state index in [1.807, 2.05) is 0 Å². The fraction of sp³-hybridized carbons (Fsp3) is 1.00. The quantitative estimate of drug-likeness (QED) is 0.585. The molecule has 0 saturated heterocycles. The zero-order chi connectivity index (χ0) is 5.21. The van der Waals surface area contributed by atoms with Gasteiger partial charge in [-0.2, -0.15) is 0 Å². The van der Waals surface area contributed by atoms with Crippen molar-refractivity contribution in [2.45, 2.75) is 23.7 Å². The molecular formula is C4H11BrGe. The van der Waals surface area contributed by atoms with Gasteiger partial charge in [0.2, 0.25) is 0 Å². The van der Waals surface area contributed by atoms with E-state index in [0.29, 0.717) is 0 Å². The second-order valence-corrected chi connectivity index (χ2v) is 21.9. The summed E-state index contributed by atoms with van der Waals surface area (Å²) >= 11 is 2.44. The molecule has 0 aliphatic carbocycles. The molecule has 0 fully saturated rings. The van der Waals surface area contributed by atoms with Gasteiger partial charge in [0, 0.05) is 0 Å². The first-order valence-electron chi connectivity index (χ1n) is 2.25. The van der Waals surface area contributed by atoms with Gasteiger partial charge in [-0.3, -0.25) is 0 Å². The summed E-state index contributed by atoms with van der Waals surface area (Å²) in [6.45, 7) is 2.24. The van der Waals surface area contributed by atoms with Crippen molar-refractivity contribution < 1.29 is 0 Å². The molecule has 0 unspecified atom stereocenters. The Kier molecular flexibility index (Phi) is 2.76. The van der Waals surface area contributed by atoms with Crippen LogP contribution in [0, 0.1) is 0 Å². The van der Waals surface area contributed by atoms with Gasteiger partial charge < -0.3 is 0 Å². The Bertz CT molecular complexity index is 37.3. The molecule has 2 heteroatoms. The van der Waals surface area contributed by atoms with Crippen LogP contribution in [-0.4, -0.2) is 11.4 Å². The van der Waals surface area contributed by atoms with E-state index in [9.17, 15) is 0 Å². The monoisotopic (exact) mass is 212 g/mol. The van der Waals surface area contributed by atoms with E-state index < -0.39 is 11.4 Å². The van der Waals surface area contributed by atoms with Crippen molar-refractivity contribution in [1.82, 2.24) is 0 Å². The molecule has 0 heterocycles. The van der Waals surface area contributed by atoms with Crippen LogP contribution < -0.4 is 0 Å². The Labute approximate surface area is 49.3 Å². The first-order valence-corrected chi connectivity index (χ1v) is 12.8. The number of halogens is 1. The van der Waals surface area contributed by atoms with Gasteiger partial charge in [-0.1, -0.05) is 0 Å².